The van der Waals surface area contributed by atoms with E-state index in [4.69, 9.17) is 14.6 Å². The third kappa shape index (κ3) is 6.02. The van der Waals surface area contributed by atoms with Gasteiger partial charge in [-0.3, -0.25) is 4.79 Å². The van der Waals surface area contributed by atoms with Crippen LogP contribution in [0.15, 0.2) is 30.3 Å². The first-order valence-corrected chi connectivity index (χ1v) is 10.2. The van der Waals surface area contributed by atoms with Crippen LogP contribution < -0.4 is 17.0 Å². The van der Waals surface area contributed by atoms with Crippen LogP contribution in [0.25, 0.3) is 0 Å². The summed E-state index contributed by atoms with van der Waals surface area (Å²) >= 11 is 0. The molecule has 2 saturated heterocycles. The number of aliphatic carboxylic acids is 1. The van der Waals surface area contributed by atoms with E-state index in [0.717, 1.165) is 22.9 Å². The van der Waals surface area contributed by atoms with Crippen LogP contribution >= 0.6 is 0 Å². The van der Waals surface area contributed by atoms with Gasteiger partial charge in [0, 0.05) is 25.7 Å². The van der Waals surface area contributed by atoms with Crippen molar-refractivity contribution in [1.29, 1.82) is 0 Å². The topological polar surface area (TPSA) is 83.8 Å². The van der Waals surface area contributed by atoms with Crippen molar-refractivity contribution >= 4 is 11.9 Å². The van der Waals surface area contributed by atoms with Crippen molar-refractivity contribution in [2.45, 2.75) is 69.7 Å². The van der Waals surface area contributed by atoms with E-state index < -0.39 is 18.6 Å². The SMILES string of the molecule is CC(C)[N+]1(C)[C@@H]2CC[C@H]1CC(OC(=O)C(CO)c1ccccc1)C2.O=C(O)CF.[Br-]. The number of fused-ring (bicyclic) bond motifs is 2. The third-order valence-corrected chi connectivity index (χ3v) is 6.66. The Labute approximate surface area is 188 Å². The molecule has 2 bridgehead atoms. The van der Waals surface area contributed by atoms with Gasteiger partial charge in [0.2, 0.25) is 0 Å². The molecule has 2 aliphatic heterocycles. The van der Waals surface area contributed by atoms with E-state index in [1.165, 1.54) is 12.8 Å². The lowest BCUT2D eigenvalue weighted by Gasteiger charge is -2.49. The highest BCUT2D eigenvalue weighted by Gasteiger charge is 2.53. The van der Waals surface area contributed by atoms with Crippen LogP contribution in [0, 0.1) is 0 Å². The summed E-state index contributed by atoms with van der Waals surface area (Å²) < 4.78 is 17.5. The lowest BCUT2D eigenvalue weighted by Crippen LogP contribution is -3.00. The average Bonchev–Trinajstić information content (AvgIpc) is 2.87. The van der Waals surface area contributed by atoms with Gasteiger partial charge in [-0.15, -0.1) is 0 Å². The number of quaternary nitrogens is 1. The second-order valence-electron chi connectivity index (χ2n) is 8.40. The summed E-state index contributed by atoms with van der Waals surface area (Å²) in [6, 6.07) is 11.2. The van der Waals surface area contributed by atoms with Crippen molar-refractivity contribution < 1.29 is 50.4 Å². The molecule has 0 saturated carbocycles. The molecule has 0 aliphatic carbocycles. The summed E-state index contributed by atoms with van der Waals surface area (Å²) in [6.45, 7) is 3.12. The van der Waals surface area contributed by atoms with Crippen LogP contribution in [-0.2, 0) is 14.3 Å². The van der Waals surface area contributed by atoms with Crippen LogP contribution in [0.4, 0.5) is 4.39 Å². The summed E-state index contributed by atoms with van der Waals surface area (Å²) in [7, 11) is 2.37. The van der Waals surface area contributed by atoms with E-state index in [2.05, 4.69) is 20.9 Å². The zero-order valence-electron chi connectivity index (χ0n) is 17.8. The first-order valence-electron chi connectivity index (χ1n) is 10.2. The molecule has 0 aromatic heterocycles. The van der Waals surface area contributed by atoms with E-state index in [0.29, 0.717) is 18.1 Å². The lowest BCUT2D eigenvalue weighted by molar-refractivity contribution is -0.968. The number of alkyl halides is 1. The number of ether oxygens (including phenoxy) is 1. The van der Waals surface area contributed by atoms with Crippen molar-refractivity contribution in [1.82, 2.24) is 0 Å². The molecule has 2 N–H and O–H groups in total. The van der Waals surface area contributed by atoms with Gasteiger partial charge in [0.25, 0.3) is 0 Å². The molecule has 8 heteroatoms. The van der Waals surface area contributed by atoms with Crippen molar-refractivity contribution in [3.63, 3.8) is 0 Å². The Morgan fingerprint density at radius 3 is 2.07 bits per heavy atom. The van der Waals surface area contributed by atoms with E-state index in [9.17, 15) is 14.3 Å². The minimum absolute atomic E-state index is 0. The number of aliphatic hydroxyl groups excluding tert-OH is 1. The fourth-order valence-corrected chi connectivity index (χ4v) is 4.82. The van der Waals surface area contributed by atoms with Gasteiger partial charge in [0.1, 0.15) is 12.0 Å². The number of benzene rings is 1. The van der Waals surface area contributed by atoms with Gasteiger partial charge in [-0.05, 0) is 19.4 Å². The van der Waals surface area contributed by atoms with Crippen molar-refractivity contribution in [3.05, 3.63) is 35.9 Å². The summed E-state index contributed by atoms with van der Waals surface area (Å²) in [4.78, 5) is 21.6. The van der Waals surface area contributed by atoms with Gasteiger partial charge in [-0.2, -0.15) is 0 Å². The summed E-state index contributed by atoms with van der Waals surface area (Å²) in [5, 5.41) is 17.0. The summed E-state index contributed by atoms with van der Waals surface area (Å²) in [5.41, 5.74) is 0.826. The number of piperidine rings is 1. The predicted octanol–water partition coefficient (Wildman–Crippen LogP) is -0.101. The quantitative estimate of drug-likeness (QED) is 0.430. The van der Waals surface area contributed by atoms with Gasteiger partial charge in [0.15, 0.2) is 6.67 Å². The second-order valence-corrected chi connectivity index (χ2v) is 8.40. The molecule has 2 aliphatic rings. The van der Waals surface area contributed by atoms with Crippen molar-refractivity contribution in [2.75, 3.05) is 20.3 Å². The Morgan fingerprint density at radius 1 is 1.17 bits per heavy atom. The number of esters is 1. The second kappa shape index (κ2) is 11.8. The Hall–Kier alpha value is -1.51. The number of nitrogens with zero attached hydrogens (tertiary/aromatic N) is 1. The smallest absolute Gasteiger partial charge is 0.335 e. The number of carboxylic acid groups (broad SMARTS) is 1. The van der Waals surface area contributed by atoms with Gasteiger partial charge in [0.05, 0.1) is 31.8 Å². The number of carboxylic acids is 1. The Morgan fingerprint density at radius 2 is 1.67 bits per heavy atom. The van der Waals surface area contributed by atoms with Gasteiger partial charge in [-0.1, -0.05) is 30.3 Å². The molecule has 1 aromatic carbocycles. The molecule has 30 heavy (non-hydrogen) atoms. The first-order chi connectivity index (χ1) is 13.7. The van der Waals surface area contributed by atoms with Gasteiger partial charge < -0.3 is 36.4 Å². The molecule has 5 atom stereocenters. The predicted molar refractivity (Wildman–Crippen MR) is 107 cm³/mol. The zero-order chi connectivity index (χ0) is 21.6. The van der Waals surface area contributed by atoms with Gasteiger partial charge >= 0.3 is 11.9 Å². The number of aliphatic hydroxyl groups is 1. The highest BCUT2D eigenvalue weighted by atomic mass is 79.9. The molecule has 3 unspecified atom stereocenters. The fourth-order valence-electron chi connectivity index (χ4n) is 4.82. The average molecular weight is 490 g/mol. The highest BCUT2D eigenvalue weighted by molar-refractivity contribution is 5.78. The standard InChI is InChI=1S/C20H30NO3.C2H3FO2.BrH/c1-14(2)21(3)16-9-10-17(21)12-18(11-16)24-20(23)19(13-22)15-7-5-4-6-8-15;3-1-2(4)5;/h4-8,14,16-19,22H,9-13H2,1-3H3;1H2,(H,4,5);1H/q+1;;/p-1/t16-,17+,18?,19?,21?;;. The monoisotopic (exact) mass is 489 g/mol. The molecule has 2 heterocycles. The number of halogens is 2. The third-order valence-electron chi connectivity index (χ3n) is 6.66. The fraction of sp³-hybridized carbons (Fsp3) is 0.636. The largest absolute Gasteiger partial charge is 1.00 e. The van der Waals surface area contributed by atoms with Crippen LogP contribution in [0.1, 0.15) is 51.0 Å². The number of hydrogen-bond donors (Lipinski definition) is 2. The molecule has 6 nitrogen and oxygen atoms in total. The van der Waals surface area contributed by atoms with Crippen molar-refractivity contribution in [2.24, 2.45) is 0 Å². The summed E-state index contributed by atoms with van der Waals surface area (Å²) in [5.74, 6) is -2.27. The van der Waals surface area contributed by atoms with Crippen LogP contribution in [0.3, 0.4) is 0 Å². The zero-order valence-corrected chi connectivity index (χ0v) is 19.4. The first kappa shape index (κ1) is 26.5. The maximum absolute atomic E-state index is 12.6. The van der Waals surface area contributed by atoms with Crippen LogP contribution in [0.2, 0.25) is 0 Å². The number of carbonyl (C=O) groups is 2. The molecule has 1 aromatic rings. The highest BCUT2D eigenvalue weighted by Crippen LogP contribution is 2.44. The van der Waals surface area contributed by atoms with Gasteiger partial charge in [-0.25, -0.2) is 9.18 Å². The molecule has 3 rings (SSSR count). The van der Waals surface area contributed by atoms with Crippen LogP contribution in [-0.4, -0.2) is 71.2 Å². The van der Waals surface area contributed by atoms with Crippen LogP contribution in [0.5, 0.6) is 0 Å². The minimum atomic E-state index is -1.41. The maximum atomic E-state index is 12.6. The number of carbonyl (C=O) groups excluding carboxylic acids is 1. The van der Waals surface area contributed by atoms with E-state index in [1.54, 1.807) is 0 Å². The Bertz CT molecular complexity index is 673. The van der Waals surface area contributed by atoms with Crippen molar-refractivity contribution in [3.8, 4) is 0 Å². The normalized spacial score (nSPS) is 28.0. The molecule has 170 valence electrons. The molecular formula is C22H33BrFNO5. The molecule has 0 spiro atoms. The Balaban J connectivity index is 0.000000674. The van der Waals surface area contributed by atoms with E-state index in [-0.39, 0.29) is 35.7 Å². The maximum Gasteiger partial charge on any atom is 0.335 e. The minimum Gasteiger partial charge on any atom is -1.00 e. The Kier molecular flexibility index (Phi) is 10.4. The molecule has 0 amide bonds. The van der Waals surface area contributed by atoms with E-state index in [1.807, 2.05) is 30.3 Å². The lowest BCUT2D eigenvalue weighted by atomic mass is 9.94. The summed E-state index contributed by atoms with van der Waals surface area (Å²) in [6.07, 6.45) is 4.36. The number of rotatable bonds is 6. The molecule has 0 radical (unpaired) electrons. The molecular weight excluding hydrogens is 457 g/mol. The number of hydrogen-bond acceptors (Lipinski definition) is 4. The van der Waals surface area contributed by atoms with E-state index >= 15 is 0 Å². The molecule has 2 fully saturated rings.